The lowest BCUT2D eigenvalue weighted by molar-refractivity contribution is -0.137. The normalized spacial score (nSPS) is 14.6. The van der Waals surface area contributed by atoms with Gasteiger partial charge in [0.1, 0.15) is 11.8 Å². The summed E-state index contributed by atoms with van der Waals surface area (Å²) in [6.07, 6.45) is 1.44. The zero-order valence-corrected chi connectivity index (χ0v) is 20.5. The molecule has 1 aliphatic heterocycles. The molecule has 0 saturated carbocycles. The van der Waals surface area contributed by atoms with Crippen molar-refractivity contribution in [2.45, 2.75) is 19.9 Å². The van der Waals surface area contributed by atoms with Crippen LogP contribution in [0.5, 0.6) is 5.75 Å². The predicted octanol–water partition coefficient (Wildman–Crippen LogP) is 2.48. The maximum atomic E-state index is 12.7. The first-order chi connectivity index (χ1) is 16.8. The Morgan fingerprint density at radius 3 is 2.49 bits per heavy atom. The molecule has 0 aliphatic carbocycles. The minimum absolute atomic E-state index is 0.108. The topological polar surface area (TPSA) is 109 Å². The molecule has 1 atom stereocenters. The van der Waals surface area contributed by atoms with Crippen LogP contribution in [-0.2, 0) is 14.3 Å². The van der Waals surface area contributed by atoms with Crippen LogP contribution in [0, 0.1) is 5.92 Å². The molecular weight excluding hydrogens is 472 g/mol. The number of carbonyl (C=O) groups excluding carboxylic acids is 3. The third kappa shape index (κ3) is 7.80. The molecule has 1 heterocycles. The fraction of sp³-hybridized carbons (Fsp3) is 0.360. The highest BCUT2D eigenvalue weighted by atomic mass is 35.5. The SMILES string of the molecule is CC(C)C(NC(=O)c1ccc(Cl)cc1)C(=O)N/N=C/c1ccccc1OCC(=O)N1CCOCC1. The number of morpholine rings is 1. The summed E-state index contributed by atoms with van der Waals surface area (Å²) in [5.74, 6) is -0.681. The first-order valence-corrected chi connectivity index (χ1v) is 11.7. The van der Waals surface area contributed by atoms with Crippen LogP contribution in [0.3, 0.4) is 0 Å². The third-order valence-electron chi connectivity index (χ3n) is 5.35. The molecule has 35 heavy (non-hydrogen) atoms. The summed E-state index contributed by atoms with van der Waals surface area (Å²) in [5, 5.41) is 7.28. The molecule has 0 aromatic heterocycles. The summed E-state index contributed by atoms with van der Waals surface area (Å²) >= 11 is 5.87. The number of carbonyl (C=O) groups is 3. The van der Waals surface area contributed by atoms with Crippen LogP contribution in [0.25, 0.3) is 0 Å². The van der Waals surface area contributed by atoms with E-state index in [0.29, 0.717) is 48.2 Å². The van der Waals surface area contributed by atoms with E-state index in [1.165, 1.54) is 6.21 Å². The van der Waals surface area contributed by atoms with Gasteiger partial charge in [0.2, 0.25) is 0 Å². The number of rotatable bonds is 9. The van der Waals surface area contributed by atoms with Crippen molar-refractivity contribution >= 4 is 35.5 Å². The minimum atomic E-state index is -0.798. The second-order valence-electron chi connectivity index (χ2n) is 8.26. The molecule has 2 N–H and O–H groups in total. The minimum Gasteiger partial charge on any atom is -0.483 e. The van der Waals surface area contributed by atoms with E-state index in [2.05, 4.69) is 15.8 Å². The van der Waals surface area contributed by atoms with Gasteiger partial charge in [0.25, 0.3) is 17.7 Å². The molecule has 1 unspecified atom stereocenters. The van der Waals surface area contributed by atoms with Crippen LogP contribution in [0.15, 0.2) is 53.6 Å². The highest BCUT2D eigenvalue weighted by Gasteiger charge is 2.24. The van der Waals surface area contributed by atoms with Crippen molar-refractivity contribution in [2.24, 2.45) is 11.0 Å². The van der Waals surface area contributed by atoms with E-state index < -0.39 is 11.9 Å². The molecular formula is C25H29ClN4O5. The summed E-state index contributed by atoms with van der Waals surface area (Å²) in [5.41, 5.74) is 3.46. The van der Waals surface area contributed by atoms with Gasteiger partial charge in [0, 0.05) is 29.2 Å². The molecule has 0 bridgehead atoms. The van der Waals surface area contributed by atoms with E-state index >= 15 is 0 Å². The summed E-state index contributed by atoms with van der Waals surface area (Å²) in [6, 6.07) is 12.7. The number of benzene rings is 2. The van der Waals surface area contributed by atoms with Gasteiger partial charge < -0.3 is 19.7 Å². The Kier molecular flexibility index (Phi) is 9.63. The highest BCUT2D eigenvalue weighted by Crippen LogP contribution is 2.16. The fourth-order valence-corrected chi connectivity index (χ4v) is 3.48. The second kappa shape index (κ2) is 12.9. The Bertz CT molecular complexity index is 1050. The van der Waals surface area contributed by atoms with Crippen molar-refractivity contribution in [3.8, 4) is 5.75 Å². The van der Waals surface area contributed by atoms with Gasteiger partial charge in [-0.15, -0.1) is 0 Å². The lowest BCUT2D eigenvalue weighted by Gasteiger charge is -2.26. The summed E-state index contributed by atoms with van der Waals surface area (Å²) in [4.78, 5) is 39.3. The molecule has 186 valence electrons. The van der Waals surface area contributed by atoms with Crippen molar-refractivity contribution in [1.82, 2.24) is 15.6 Å². The number of halogens is 1. The average molecular weight is 501 g/mol. The van der Waals surface area contributed by atoms with Gasteiger partial charge in [-0.05, 0) is 42.3 Å². The Morgan fingerprint density at radius 2 is 1.80 bits per heavy atom. The van der Waals surface area contributed by atoms with Crippen molar-refractivity contribution in [3.63, 3.8) is 0 Å². The summed E-state index contributed by atoms with van der Waals surface area (Å²) in [7, 11) is 0. The molecule has 1 fully saturated rings. The fourth-order valence-electron chi connectivity index (χ4n) is 3.36. The van der Waals surface area contributed by atoms with Gasteiger partial charge in [-0.3, -0.25) is 14.4 Å². The van der Waals surface area contributed by atoms with E-state index in [4.69, 9.17) is 21.1 Å². The van der Waals surface area contributed by atoms with E-state index in [1.54, 1.807) is 53.4 Å². The van der Waals surface area contributed by atoms with Gasteiger partial charge in [-0.2, -0.15) is 5.10 Å². The van der Waals surface area contributed by atoms with E-state index in [1.807, 2.05) is 13.8 Å². The highest BCUT2D eigenvalue weighted by molar-refractivity contribution is 6.30. The predicted molar refractivity (Wildman–Crippen MR) is 133 cm³/mol. The van der Waals surface area contributed by atoms with Crippen LogP contribution >= 0.6 is 11.6 Å². The smallest absolute Gasteiger partial charge is 0.262 e. The number of nitrogens with one attached hydrogen (secondary N) is 2. The molecule has 3 amide bonds. The molecule has 0 spiro atoms. The molecule has 0 radical (unpaired) electrons. The molecule has 1 saturated heterocycles. The van der Waals surface area contributed by atoms with Crippen LogP contribution in [0.1, 0.15) is 29.8 Å². The van der Waals surface area contributed by atoms with Gasteiger partial charge in [-0.25, -0.2) is 5.43 Å². The van der Waals surface area contributed by atoms with Crippen molar-refractivity contribution in [1.29, 1.82) is 0 Å². The van der Waals surface area contributed by atoms with Gasteiger partial charge in [0.15, 0.2) is 6.61 Å². The van der Waals surface area contributed by atoms with Crippen molar-refractivity contribution in [2.75, 3.05) is 32.9 Å². The first-order valence-electron chi connectivity index (χ1n) is 11.3. The lowest BCUT2D eigenvalue weighted by atomic mass is 10.0. The number of amides is 3. The molecule has 2 aromatic rings. The van der Waals surface area contributed by atoms with E-state index in [-0.39, 0.29) is 24.3 Å². The Hall–Kier alpha value is -3.43. The monoisotopic (exact) mass is 500 g/mol. The summed E-state index contributed by atoms with van der Waals surface area (Å²) in [6.45, 7) is 5.67. The Morgan fingerprint density at radius 1 is 1.11 bits per heavy atom. The average Bonchev–Trinajstić information content (AvgIpc) is 2.87. The van der Waals surface area contributed by atoms with Crippen molar-refractivity contribution in [3.05, 3.63) is 64.7 Å². The zero-order valence-electron chi connectivity index (χ0n) is 19.7. The molecule has 1 aliphatic rings. The number of hydrogen-bond acceptors (Lipinski definition) is 6. The number of hydrazone groups is 1. The summed E-state index contributed by atoms with van der Waals surface area (Å²) < 4.78 is 11.0. The lowest BCUT2D eigenvalue weighted by Crippen LogP contribution is -2.48. The largest absolute Gasteiger partial charge is 0.483 e. The van der Waals surface area contributed by atoms with Crippen LogP contribution in [-0.4, -0.2) is 67.8 Å². The first kappa shape index (κ1) is 26.2. The maximum absolute atomic E-state index is 12.7. The van der Waals surface area contributed by atoms with Crippen LogP contribution in [0.2, 0.25) is 5.02 Å². The molecule has 9 nitrogen and oxygen atoms in total. The molecule has 3 rings (SSSR count). The molecule has 2 aromatic carbocycles. The van der Waals surface area contributed by atoms with Gasteiger partial charge >= 0.3 is 0 Å². The number of ether oxygens (including phenoxy) is 2. The standard InChI is InChI=1S/C25H29ClN4O5/c1-17(2)23(28-24(32)18-7-9-20(26)10-8-18)25(33)29-27-15-19-5-3-4-6-21(19)35-16-22(31)30-11-13-34-14-12-30/h3-10,15,17,23H,11-14,16H2,1-2H3,(H,28,32)(H,29,33)/b27-15+. The van der Waals surface area contributed by atoms with E-state index in [0.717, 1.165) is 0 Å². The van der Waals surface area contributed by atoms with Gasteiger partial charge in [0.05, 0.1) is 19.4 Å². The van der Waals surface area contributed by atoms with Crippen molar-refractivity contribution < 1.29 is 23.9 Å². The maximum Gasteiger partial charge on any atom is 0.262 e. The number of nitrogens with zero attached hydrogens (tertiary/aromatic N) is 2. The van der Waals surface area contributed by atoms with Crippen LogP contribution in [0.4, 0.5) is 0 Å². The Balaban J connectivity index is 1.57. The van der Waals surface area contributed by atoms with Crippen LogP contribution < -0.4 is 15.5 Å². The van der Waals surface area contributed by atoms with Gasteiger partial charge in [-0.1, -0.05) is 37.6 Å². The van der Waals surface area contributed by atoms with E-state index in [9.17, 15) is 14.4 Å². The third-order valence-corrected chi connectivity index (χ3v) is 5.61. The second-order valence-corrected chi connectivity index (χ2v) is 8.69. The number of para-hydroxylation sites is 1. The number of hydrogen-bond donors (Lipinski definition) is 2. The zero-order chi connectivity index (χ0) is 25.2. The Labute approximate surface area is 209 Å². The quantitative estimate of drug-likeness (QED) is 0.406. The molecule has 10 heteroatoms.